The van der Waals surface area contributed by atoms with Gasteiger partial charge in [-0.1, -0.05) is 24.3 Å². The van der Waals surface area contributed by atoms with Crippen molar-refractivity contribution < 1.29 is 26.4 Å². The minimum absolute atomic E-state index is 0.126. The minimum Gasteiger partial charge on any atom is -0.352 e. The topological polar surface area (TPSA) is 89.3 Å². The van der Waals surface area contributed by atoms with Crippen molar-refractivity contribution in [2.24, 2.45) is 5.14 Å². The molecule has 0 aliphatic rings. The second kappa shape index (κ2) is 8.10. The molecule has 0 heterocycles. The van der Waals surface area contributed by atoms with E-state index in [0.717, 1.165) is 12.1 Å². The van der Waals surface area contributed by atoms with Gasteiger partial charge < -0.3 is 5.32 Å². The highest BCUT2D eigenvalue weighted by Crippen LogP contribution is 2.29. The maximum absolute atomic E-state index is 12.7. The van der Waals surface area contributed by atoms with Gasteiger partial charge in [-0.25, -0.2) is 13.6 Å². The van der Waals surface area contributed by atoms with Crippen LogP contribution in [0.5, 0.6) is 0 Å². The van der Waals surface area contributed by atoms with Gasteiger partial charge in [-0.05, 0) is 49.1 Å². The Bertz CT molecular complexity index is 941. The number of halogens is 3. The molecule has 2 aromatic rings. The van der Waals surface area contributed by atoms with Gasteiger partial charge in [-0.2, -0.15) is 13.2 Å². The van der Waals surface area contributed by atoms with Gasteiger partial charge in [0.15, 0.2) is 0 Å². The van der Waals surface area contributed by atoms with E-state index in [9.17, 15) is 26.4 Å². The van der Waals surface area contributed by atoms with Crippen LogP contribution in [0.1, 0.15) is 33.5 Å². The zero-order valence-electron chi connectivity index (χ0n) is 14.5. The molecule has 0 atom stereocenters. The Kier molecular flexibility index (Phi) is 6.27. The van der Waals surface area contributed by atoms with E-state index in [2.05, 4.69) is 5.32 Å². The lowest BCUT2D eigenvalue weighted by Gasteiger charge is -2.10. The Hall–Kier alpha value is -2.39. The number of hydrogen-bond acceptors (Lipinski definition) is 3. The fraction of sp³-hybridized carbons (Fsp3) is 0.278. The number of amides is 1. The van der Waals surface area contributed by atoms with Crippen LogP contribution in [0.4, 0.5) is 13.2 Å². The van der Waals surface area contributed by atoms with Crippen LogP contribution in [0, 0.1) is 6.92 Å². The van der Waals surface area contributed by atoms with Gasteiger partial charge in [0.05, 0.1) is 10.5 Å². The standard InChI is InChI=1S/C18H19F3N2O3S/c1-12-7-8-14(11-16(12)27(22,25)26)17(24)23-9-3-5-13-4-2-6-15(10-13)18(19,20)21/h2,4,6-8,10-11H,3,5,9H2,1H3,(H,23,24)(H2,22,25,26). The zero-order valence-corrected chi connectivity index (χ0v) is 15.3. The molecule has 5 nitrogen and oxygen atoms in total. The molecule has 0 aromatic heterocycles. The molecule has 0 spiro atoms. The second-order valence-electron chi connectivity index (χ2n) is 6.08. The summed E-state index contributed by atoms with van der Waals surface area (Å²) in [7, 11) is -3.94. The number of carbonyl (C=O) groups is 1. The predicted molar refractivity (Wildman–Crippen MR) is 94.7 cm³/mol. The van der Waals surface area contributed by atoms with Crippen LogP contribution in [0.15, 0.2) is 47.4 Å². The summed E-state index contributed by atoms with van der Waals surface area (Å²) >= 11 is 0. The number of carbonyl (C=O) groups excluding carboxylic acids is 1. The maximum Gasteiger partial charge on any atom is 0.416 e. The van der Waals surface area contributed by atoms with Crippen LogP contribution in [0.2, 0.25) is 0 Å². The highest BCUT2D eigenvalue weighted by molar-refractivity contribution is 7.89. The first kappa shape index (κ1) is 20.9. The van der Waals surface area contributed by atoms with E-state index in [0.29, 0.717) is 24.0 Å². The van der Waals surface area contributed by atoms with E-state index >= 15 is 0 Å². The summed E-state index contributed by atoms with van der Waals surface area (Å²) < 4.78 is 61.1. The molecule has 0 bridgehead atoms. The van der Waals surface area contributed by atoms with Crippen molar-refractivity contribution in [1.82, 2.24) is 5.32 Å². The molecule has 1 amide bonds. The van der Waals surface area contributed by atoms with Crippen molar-refractivity contribution in [3.63, 3.8) is 0 Å². The molecule has 0 radical (unpaired) electrons. The number of alkyl halides is 3. The second-order valence-corrected chi connectivity index (χ2v) is 7.61. The molecule has 2 aromatic carbocycles. The Morgan fingerprint density at radius 1 is 1.15 bits per heavy atom. The van der Waals surface area contributed by atoms with E-state index in [1.165, 1.54) is 24.3 Å². The third-order valence-electron chi connectivity index (χ3n) is 3.94. The number of primary sulfonamides is 1. The van der Waals surface area contributed by atoms with Crippen molar-refractivity contribution >= 4 is 15.9 Å². The molecule has 0 unspecified atom stereocenters. The highest BCUT2D eigenvalue weighted by atomic mass is 32.2. The summed E-state index contributed by atoms with van der Waals surface area (Å²) in [4.78, 5) is 12.0. The first-order chi connectivity index (χ1) is 12.5. The van der Waals surface area contributed by atoms with Crippen molar-refractivity contribution in [1.29, 1.82) is 0 Å². The fourth-order valence-electron chi connectivity index (χ4n) is 2.55. The molecule has 9 heteroatoms. The van der Waals surface area contributed by atoms with Crippen LogP contribution < -0.4 is 10.5 Å². The first-order valence-corrected chi connectivity index (χ1v) is 9.61. The molecule has 0 aliphatic heterocycles. The van der Waals surface area contributed by atoms with Gasteiger partial charge in [0.2, 0.25) is 10.0 Å². The first-order valence-electron chi connectivity index (χ1n) is 8.06. The van der Waals surface area contributed by atoms with Crippen LogP contribution in [-0.2, 0) is 22.6 Å². The number of hydrogen-bond donors (Lipinski definition) is 2. The fourth-order valence-corrected chi connectivity index (χ4v) is 3.36. The van der Waals surface area contributed by atoms with Gasteiger partial charge >= 0.3 is 6.18 Å². The summed E-state index contributed by atoms with van der Waals surface area (Å²) in [5.41, 5.74) is 0.382. The van der Waals surface area contributed by atoms with Crippen molar-refractivity contribution in [2.75, 3.05) is 6.54 Å². The molecule has 146 valence electrons. The van der Waals surface area contributed by atoms with Crippen LogP contribution in [-0.4, -0.2) is 20.9 Å². The molecular weight excluding hydrogens is 381 g/mol. The van der Waals surface area contributed by atoms with Crippen LogP contribution >= 0.6 is 0 Å². The highest BCUT2D eigenvalue weighted by Gasteiger charge is 2.30. The molecular formula is C18H19F3N2O3S. The zero-order chi connectivity index (χ0) is 20.2. The summed E-state index contributed by atoms with van der Waals surface area (Å²) in [6.07, 6.45) is -3.60. The van der Waals surface area contributed by atoms with Gasteiger partial charge in [-0.15, -0.1) is 0 Å². The van der Waals surface area contributed by atoms with Gasteiger partial charge in [0.25, 0.3) is 5.91 Å². The molecule has 3 N–H and O–H groups in total. The van der Waals surface area contributed by atoms with Crippen molar-refractivity contribution in [3.05, 3.63) is 64.7 Å². The largest absolute Gasteiger partial charge is 0.416 e. The summed E-state index contributed by atoms with van der Waals surface area (Å²) in [6.45, 7) is 1.80. The average Bonchev–Trinajstić information content (AvgIpc) is 2.57. The molecule has 2 rings (SSSR count). The smallest absolute Gasteiger partial charge is 0.352 e. The third-order valence-corrected chi connectivity index (χ3v) is 4.99. The Morgan fingerprint density at radius 2 is 1.85 bits per heavy atom. The number of rotatable bonds is 6. The third kappa shape index (κ3) is 5.80. The lowest BCUT2D eigenvalue weighted by Crippen LogP contribution is -2.25. The summed E-state index contributed by atoms with van der Waals surface area (Å²) in [5, 5.41) is 7.73. The van der Waals surface area contributed by atoms with E-state index in [1.807, 2.05) is 0 Å². The minimum atomic E-state index is -4.39. The van der Waals surface area contributed by atoms with E-state index in [1.54, 1.807) is 13.0 Å². The molecule has 0 saturated carbocycles. The Balaban J connectivity index is 1.94. The van der Waals surface area contributed by atoms with E-state index < -0.39 is 27.7 Å². The van der Waals surface area contributed by atoms with Crippen molar-refractivity contribution in [3.8, 4) is 0 Å². The summed E-state index contributed by atoms with van der Waals surface area (Å²) in [5.74, 6) is -0.482. The maximum atomic E-state index is 12.7. The lowest BCUT2D eigenvalue weighted by molar-refractivity contribution is -0.137. The molecule has 0 aliphatic carbocycles. The Labute approximate surface area is 155 Å². The Morgan fingerprint density at radius 3 is 2.48 bits per heavy atom. The average molecular weight is 400 g/mol. The van der Waals surface area contributed by atoms with E-state index in [4.69, 9.17) is 5.14 Å². The van der Waals surface area contributed by atoms with Crippen molar-refractivity contribution in [2.45, 2.75) is 30.8 Å². The van der Waals surface area contributed by atoms with E-state index in [-0.39, 0.29) is 17.0 Å². The quantitative estimate of drug-likeness (QED) is 0.731. The number of nitrogens with two attached hydrogens (primary N) is 1. The lowest BCUT2D eigenvalue weighted by atomic mass is 10.1. The molecule has 0 saturated heterocycles. The number of nitrogens with one attached hydrogen (secondary N) is 1. The monoisotopic (exact) mass is 400 g/mol. The molecule has 0 fully saturated rings. The van der Waals surface area contributed by atoms with Crippen LogP contribution in [0.3, 0.4) is 0 Å². The number of benzene rings is 2. The number of aryl methyl sites for hydroxylation is 2. The van der Waals surface area contributed by atoms with Crippen LogP contribution in [0.25, 0.3) is 0 Å². The summed E-state index contributed by atoms with van der Waals surface area (Å²) in [6, 6.07) is 9.19. The SMILES string of the molecule is Cc1ccc(C(=O)NCCCc2cccc(C(F)(F)F)c2)cc1S(N)(=O)=O. The molecule has 27 heavy (non-hydrogen) atoms. The van der Waals surface area contributed by atoms with Gasteiger partial charge in [-0.3, -0.25) is 4.79 Å². The normalized spacial score (nSPS) is 12.0. The number of sulfonamides is 1. The van der Waals surface area contributed by atoms with Gasteiger partial charge in [0, 0.05) is 12.1 Å². The van der Waals surface area contributed by atoms with Gasteiger partial charge in [0.1, 0.15) is 0 Å². The predicted octanol–water partition coefficient (Wildman–Crippen LogP) is 3.02.